The molecule has 28 heavy (non-hydrogen) atoms. The molecule has 2 heterocycles. The van der Waals surface area contributed by atoms with Crippen molar-refractivity contribution in [1.29, 1.82) is 0 Å². The summed E-state index contributed by atoms with van der Waals surface area (Å²) < 4.78 is 41.9. The standard InChI is InChI=1S/C19H19F2N3O4/c1-12-16(13(2)28-23-12)10-26-15-5-3-14(4-6-15)9-18(25)27-11-17-22-7-8-24(17)19(20)21/h3-8,19H,9-11H2,1-2H3. The maximum atomic E-state index is 12.7. The number of hydrogen-bond acceptors (Lipinski definition) is 6. The van der Waals surface area contributed by atoms with Crippen molar-refractivity contribution in [1.82, 2.24) is 14.7 Å². The number of carbonyl (C=O) groups excluding carboxylic acids is 1. The van der Waals surface area contributed by atoms with E-state index in [9.17, 15) is 13.6 Å². The Morgan fingerprint density at radius 3 is 2.61 bits per heavy atom. The van der Waals surface area contributed by atoms with Crippen LogP contribution < -0.4 is 4.74 Å². The van der Waals surface area contributed by atoms with Crippen molar-refractivity contribution in [3.8, 4) is 5.75 Å². The van der Waals surface area contributed by atoms with Gasteiger partial charge in [0, 0.05) is 12.4 Å². The molecule has 7 nitrogen and oxygen atoms in total. The van der Waals surface area contributed by atoms with E-state index in [0.29, 0.717) is 28.2 Å². The molecule has 0 fully saturated rings. The van der Waals surface area contributed by atoms with Gasteiger partial charge >= 0.3 is 12.5 Å². The van der Waals surface area contributed by atoms with Gasteiger partial charge in [-0.25, -0.2) is 4.98 Å². The molecule has 0 spiro atoms. The Bertz CT molecular complexity index is 916. The van der Waals surface area contributed by atoms with E-state index in [1.54, 1.807) is 24.3 Å². The third kappa shape index (κ3) is 4.73. The van der Waals surface area contributed by atoms with Gasteiger partial charge in [-0.15, -0.1) is 0 Å². The predicted molar refractivity (Wildman–Crippen MR) is 93.7 cm³/mol. The lowest BCUT2D eigenvalue weighted by Crippen LogP contribution is -2.11. The summed E-state index contributed by atoms with van der Waals surface area (Å²) in [5.74, 6) is 0.806. The van der Waals surface area contributed by atoms with Crippen molar-refractivity contribution >= 4 is 5.97 Å². The van der Waals surface area contributed by atoms with Gasteiger partial charge in [-0.05, 0) is 31.5 Å². The highest BCUT2D eigenvalue weighted by atomic mass is 19.3. The van der Waals surface area contributed by atoms with Crippen molar-refractivity contribution < 1.29 is 27.6 Å². The Labute approximate surface area is 159 Å². The third-order valence-electron chi connectivity index (χ3n) is 4.16. The lowest BCUT2D eigenvalue weighted by atomic mass is 10.1. The van der Waals surface area contributed by atoms with E-state index in [1.165, 1.54) is 6.20 Å². The average Bonchev–Trinajstić information content (AvgIpc) is 3.26. The number of carbonyl (C=O) groups is 1. The van der Waals surface area contributed by atoms with E-state index in [2.05, 4.69) is 10.1 Å². The van der Waals surface area contributed by atoms with Crippen LogP contribution in [0.2, 0.25) is 0 Å². The van der Waals surface area contributed by atoms with Crippen LogP contribution in [0.4, 0.5) is 8.78 Å². The normalized spacial score (nSPS) is 11.0. The molecule has 2 aromatic heterocycles. The lowest BCUT2D eigenvalue weighted by molar-refractivity contribution is -0.144. The highest BCUT2D eigenvalue weighted by Gasteiger charge is 2.14. The molecular weight excluding hydrogens is 372 g/mol. The van der Waals surface area contributed by atoms with E-state index >= 15 is 0 Å². The second-order valence-electron chi connectivity index (χ2n) is 6.10. The average molecular weight is 391 g/mol. The number of aromatic nitrogens is 3. The molecule has 0 radical (unpaired) electrons. The van der Waals surface area contributed by atoms with Crippen LogP contribution >= 0.6 is 0 Å². The summed E-state index contributed by atoms with van der Waals surface area (Å²) in [6, 6.07) is 6.96. The van der Waals surface area contributed by atoms with Crippen LogP contribution in [0.15, 0.2) is 41.2 Å². The van der Waals surface area contributed by atoms with Crippen molar-refractivity contribution in [3.05, 3.63) is 65.1 Å². The van der Waals surface area contributed by atoms with Gasteiger partial charge in [0.2, 0.25) is 0 Å². The zero-order valence-corrected chi connectivity index (χ0v) is 15.4. The molecule has 0 aliphatic carbocycles. The fourth-order valence-electron chi connectivity index (χ4n) is 2.56. The fourth-order valence-corrected chi connectivity index (χ4v) is 2.56. The van der Waals surface area contributed by atoms with Crippen LogP contribution in [0.1, 0.15) is 35.0 Å². The van der Waals surface area contributed by atoms with E-state index in [-0.39, 0.29) is 18.9 Å². The smallest absolute Gasteiger partial charge is 0.320 e. The first kappa shape index (κ1) is 19.5. The Hall–Kier alpha value is -3.23. The highest BCUT2D eigenvalue weighted by molar-refractivity contribution is 5.72. The van der Waals surface area contributed by atoms with E-state index in [1.807, 2.05) is 13.8 Å². The van der Waals surface area contributed by atoms with Crippen LogP contribution in [-0.4, -0.2) is 20.7 Å². The number of hydrogen-bond donors (Lipinski definition) is 0. The molecule has 0 atom stereocenters. The monoisotopic (exact) mass is 391 g/mol. The molecule has 0 aliphatic rings. The maximum absolute atomic E-state index is 12.7. The first-order valence-corrected chi connectivity index (χ1v) is 8.53. The zero-order valence-electron chi connectivity index (χ0n) is 15.4. The molecule has 148 valence electrons. The lowest BCUT2D eigenvalue weighted by Gasteiger charge is -2.09. The number of alkyl halides is 2. The van der Waals surface area contributed by atoms with Gasteiger partial charge in [-0.2, -0.15) is 8.78 Å². The Kier molecular flexibility index (Phi) is 6.03. The molecule has 0 saturated heterocycles. The number of ether oxygens (including phenoxy) is 2. The Morgan fingerprint density at radius 1 is 1.21 bits per heavy atom. The van der Waals surface area contributed by atoms with Gasteiger partial charge < -0.3 is 14.0 Å². The minimum atomic E-state index is -2.73. The molecule has 0 amide bonds. The summed E-state index contributed by atoms with van der Waals surface area (Å²) >= 11 is 0. The van der Waals surface area contributed by atoms with Gasteiger partial charge in [-0.3, -0.25) is 9.36 Å². The molecule has 0 N–H and O–H groups in total. The third-order valence-corrected chi connectivity index (χ3v) is 4.16. The van der Waals surface area contributed by atoms with Crippen molar-refractivity contribution in [3.63, 3.8) is 0 Å². The molecular formula is C19H19F2N3O4. The molecule has 0 bridgehead atoms. The summed E-state index contributed by atoms with van der Waals surface area (Å²) in [5.41, 5.74) is 2.39. The van der Waals surface area contributed by atoms with Gasteiger partial charge in [0.05, 0.1) is 17.7 Å². The van der Waals surface area contributed by atoms with E-state index in [4.69, 9.17) is 14.0 Å². The summed E-state index contributed by atoms with van der Waals surface area (Å²) in [7, 11) is 0. The summed E-state index contributed by atoms with van der Waals surface area (Å²) in [5, 5.41) is 3.87. The minimum absolute atomic E-state index is 0.00794. The van der Waals surface area contributed by atoms with Crippen molar-refractivity contribution in [2.45, 2.75) is 40.0 Å². The predicted octanol–water partition coefficient (Wildman–Crippen LogP) is 3.75. The van der Waals surface area contributed by atoms with E-state index in [0.717, 1.165) is 17.5 Å². The number of nitrogens with zero attached hydrogens (tertiary/aromatic N) is 3. The molecule has 3 rings (SSSR count). The number of esters is 1. The molecule has 0 saturated carbocycles. The topological polar surface area (TPSA) is 79.4 Å². The second kappa shape index (κ2) is 8.64. The molecule has 1 aromatic carbocycles. The number of rotatable bonds is 8. The molecule has 3 aromatic rings. The maximum Gasteiger partial charge on any atom is 0.320 e. The van der Waals surface area contributed by atoms with Crippen LogP contribution in [0.25, 0.3) is 0 Å². The summed E-state index contributed by atoms with van der Waals surface area (Å²) in [4.78, 5) is 15.7. The zero-order chi connectivity index (χ0) is 20.1. The van der Waals surface area contributed by atoms with Crippen molar-refractivity contribution in [2.24, 2.45) is 0 Å². The Morgan fingerprint density at radius 2 is 1.96 bits per heavy atom. The number of benzene rings is 1. The molecule has 0 aliphatic heterocycles. The van der Waals surface area contributed by atoms with Gasteiger partial charge in [0.15, 0.2) is 5.82 Å². The quantitative estimate of drug-likeness (QED) is 0.544. The fraction of sp³-hybridized carbons (Fsp3) is 0.316. The summed E-state index contributed by atoms with van der Waals surface area (Å²) in [6.07, 6.45) is 2.38. The molecule has 0 unspecified atom stereocenters. The SMILES string of the molecule is Cc1noc(C)c1COc1ccc(CC(=O)OCc2nccn2C(F)F)cc1. The number of halogens is 2. The van der Waals surface area contributed by atoms with Crippen LogP contribution in [0.3, 0.4) is 0 Å². The molecule has 9 heteroatoms. The van der Waals surface area contributed by atoms with Gasteiger partial charge in [0.25, 0.3) is 0 Å². The van der Waals surface area contributed by atoms with Crippen LogP contribution in [0.5, 0.6) is 5.75 Å². The van der Waals surface area contributed by atoms with Gasteiger partial charge in [-0.1, -0.05) is 17.3 Å². The highest BCUT2D eigenvalue weighted by Crippen LogP contribution is 2.18. The number of aryl methyl sites for hydroxylation is 2. The first-order chi connectivity index (χ1) is 13.4. The van der Waals surface area contributed by atoms with Crippen LogP contribution in [-0.2, 0) is 29.2 Å². The van der Waals surface area contributed by atoms with Crippen LogP contribution in [0, 0.1) is 13.8 Å². The van der Waals surface area contributed by atoms with Gasteiger partial charge in [0.1, 0.15) is 24.7 Å². The Balaban J connectivity index is 1.49. The second-order valence-corrected chi connectivity index (χ2v) is 6.10. The first-order valence-electron chi connectivity index (χ1n) is 8.53. The minimum Gasteiger partial charge on any atom is -0.489 e. The number of imidazole rings is 1. The largest absolute Gasteiger partial charge is 0.489 e. The van der Waals surface area contributed by atoms with E-state index < -0.39 is 12.5 Å². The summed E-state index contributed by atoms with van der Waals surface area (Å²) in [6.45, 7) is 0.960. The van der Waals surface area contributed by atoms with Crippen molar-refractivity contribution in [2.75, 3.05) is 0 Å².